The summed E-state index contributed by atoms with van der Waals surface area (Å²) in [6.45, 7) is 3.03. The number of aryl methyl sites for hydroxylation is 2. The van der Waals surface area contributed by atoms with E-state index in [2.05, 4.69) is 5.32 Å². The van der Waals surface area contributed by atoms with Crippen LogP contribution in [0.15, 0.2) is 36.4 Å². The number of hydrogen-bond acceptors (Lipinski definition) is 4. The zero-order chi connectivity index (χ0) is 19.3. The summed E-state index contributed by atoms with van der Waals surface area (Å²) in [6, 6.07) is 9.66. The van der Waals surface area contributed by atoms with Crippen LogP contribution >= 0.6 is 23.2 Å². The third-order valence-corrected chi connectivity index (χ3v) is 4.31. The fourth-order valence-electron chi connectivity index (χ4n) is 2.13. The second kappa shape index (κ2) is 8.83. The molecule has 0 atom stereocenters. The van der Waals surface area contributed by atoms with Gasteiger partial charge < -0.3 is 10.1 Å². The van der Waals surface area contributed by atoms with E-state index >= 15 is 0 Å². The van der Waals surface area contributed by atoms with Gasteiger partial charge in [-0.05, 0) is 55.3 Å². The van der Waals surface area contributed by atoms with E-state index in [4.69, 9.17) is 27.9 Å². The maximum atomic E-state index is 12.0. The minimum absolute atomic E-state index is 0.182. The number of nitrogens with one attached hydrogen (secondary N) is 1. The summed E-state index contributed by atoms with van der Waals surface area (Å²) in [4.78, 5) is 35.8. The Morgan fingerprint density at radius 2 is 1.73 bits per heavy atom. The summed E-state index contributed by atoms with van der Waals surface area (Å²) in [5, 5.41) is 3.04. The smallest absolute Gasteiger partial charge is 0.325 e. The highest BCUT2D eigenvalue weighted by molar-refractivity contribution is 6.36. The zero-order valence-electron chi connectivity index (χ0n) is 14.3. The molecule has 26 heavy (non-hydrogen) atoms. The monoisotopic (exact) mass is 393 g/mol. The standard InChI is InChI=1S/C19H17Cl2NO4/c1-11-3-4-13(7-12(11)2)19(25)22-9-18(24)26-10-17(23)15-6-5-14(20)8-16(15)21/h3-8H,9-10H2,1-2H3,(H,22,25). The Kier molecular flexibility index (Phi) is 6.77. The van der Waals surface area contributed by atoms with Crippen molar-refractivity contribution < 1.29 is 19.1 Å². The summed E-state index contributed by atoms with van der Waals surface area (Å²) in [5.74, 6) is -1.57. The first-order chi connectivity index (χ1) is 12.3. The number of benzene rings is 2. The van der Waals surface area contributed by atoms with Crippen molar-refractivity contribution in [3.63, 3.8) is 0 Å². The minimum atomic E-state index is -0.722. The average Bonchev–Trinajstić information content (AvgIpc) is 2.59. The third-order valence-electron chi connectivity index (χ3n) is 3.76. The molecule has 2 aromatic rings. The van der Waals surface area contributed by atoms with E-state index in [-0.39, 0.29) is 17.1 Å². The van der Waals surface area contributed by atoms with Gasteiger partial charge in [0.1, 0.15) is 6.54 Å². The average molecular weight is 394 g/mol. The Morgan fingerprint density at radius 1 is 1.00 bits per heavy atom. The SMILES string of the molecule is Cc1ccc(C(=O)NCC(=O)OCC(=O)c2ccc(Cl)cc2Cl)cc1C. The molecular formula is C19H17Cl2NO4. The maximum Gasteiger partial charge on any atom is 0.325 e. The van der Waals surface area contributed by atoms with Crippen LogP contribution in [0, 0.1) is 13.8 Å². The Labute approximate surface area is 161 Å². The molecule has 7 heteroatoms. The maximum absolute atomic E-state index is 12.0. The van der Waals surface area contributed by atoms with Gasteiger partial charge in [-0.25, -0.2) is 0 Å². The van der Waals surface area contributed by atoms with E-state index in [9.17, 15) is 14.4 Å². The molecule has 136 valence electrons. The molecule has 1 N–H and O–H groups in total. The number of amides is 1. The Morgan fingerprint density at radius 3 is 2.38 bits per heavy atom. The van der Waals surface area contributed by atoms with Crippen LogP contribution in [-0.4, -0.2) is 30.8 Å². The molecule has 0 spiro atoms. The van der Waals surface area contributed by atoms with Crippen LogP contribution in [0.3, 0.4) is 0 Å². The van der Waals surface area contributed by atoms with Crippen molar-refractivity contribution in [2.45, 2.75) is 13.8 Å². The van der Waals surface area contributed by atoms with Gasteiger partial charge in [-0.15, -0.1) is 0 Å². The summed E-state index contributed by atoms with van der Waals surface area (Å²) >= 11 is 11.7. The fourth-order valence-corrected chi connectivity index (χ4v) is 2.64. The van der Waals surface area contributed by atoms with Gasteiger partial charge in [-0.3, -0.25) is 14.4 Å². The highest BCUT2D eigenvalue weighted by Crippen LogP contribution is 2.21. The van der Waals surface area contributed by atoms with Crippen LogP contribution in [0.25, 0.3) is 0 Å². The number of Topliss-reactive ketones (excluding diaryl/α,β-unsaturated/α-hetero) is 1. The molecule has 0 saturated heterocycles. The molecule has 0 bridgehead atoms. The molecule has 2 rings (SSSR count). The van der Waals surface area contributed by atoms with Crippen LogP contribution in [0.5, 0.6) is 0 Å². The van der Waals surface area contributed by atoms with E-state index in [0.29, 0.717) is 10.6 Å². The number of halogens is 2. The first-order valence-corrected chi connectivity index (χ1v) is 8.53. The topological polar surface area (TPSA) is 72.5 Å². The summed E-state index contributed by atoms with van der Waals surface area (Å²) < 4.78 is 4.88. The molecule has 0 saturated carbocycles. The van der Waals surface area contributed by atoms with Crippen molar-refractivity contribution in [3.8, 4) is 0 Å². The van der Waals surface area contributed by atoms with Crippen LogP contribution in [0.2, 0.25) is 10.0 Å². The van der Waals surface area contributed by atoms with Crippen molar-refractivity contribution in [2.24, 2.45) is 0 Å². The van der Waals surface area contributed by atoms with E-state index < -0.39 is 24.3 Å². The summed E-state index contributed by atoms with van der Waals surface area (Å²) in [6.07, 6.45) is 0. The molecule has 0 fully saturated rings. The van der Waals surface area contributed by atoms with Gasteiger partial charge in [0.25, 0.3) is 5.91 Å². The van der Waals surface area contributed by atoms with Gasteiger partial charge in [0.15, 0.2) is 6.61 Å². The van der Waals surface area contributed by atoms with Crippen molar-refractivity contribution in [1.82, 2.24) is 5.32 Å². The number of hydrogen-bond donors (Lipinski definition) is 1. The molecule has 0 aliphatic heterocycles. The molecule has 0 heterocycles. The number of carbonyl (C=O) groups is 3. The summed E-state index contributed by atoms with van der Waals surface area (Å²) in [5.41, 5.74) is 2.71. The van der Waals surface area contributed by atoms with Crippen molar-refractivity contribution in [1.29, 1.82) is 0 Å². The lowest BCUT2D eigenvalue weighted by Gasteiger charge is -2.08. The molecule has 0 aromatic heterocycles. The van der Waals surface area contributed by atoms with Gasteiger partial charge in [0, 0.05) is 16.1 Å². The normalized spacial score (nSPS) is 10.3. The zero-order valence-corrected chi connectivity index (χ0v) is 15.8. The Bertz CT molecular complexity index is 865. The predicted octanol–water partition coefficient (Wildman–Crippen LogP) is 3.77. The van der Waals surface area contributed by atoms with Gasteiger partial charge in [0.2, 0.25) is 5.78 Å². The van der Waals surface area contributed by atoms with Crippen LogP contribution in [-0.2, 0) is 9.53 Å². The molecule has 0 aliphatic carbocycles. The number of rotatable bonds is 6. The molecule has 2 aromatic carbocycles. The van der Waals surface area contributed by atoms with E-state index in [0.717, 1.165) is 11.1 Å². The number of ketones is 1. The van der Waals surface area contributed by atoms with Gasteiger partial charge in [0.05, 0.1) is 5.02 Å². The molecule has 1 amide bonds. The van der Waals surface area contributed by atoms with E-state index in [1.54, 1.807) is 12.1 Å². The number of carbonyl (C=O) groups excluding carboxylic acids is 3. The highest BCUT2D eigenvalue weighted by atomic mass is 35.5. The van der Waals surface area contributed by atoms with Gasteiger partial charge >= 0.3 is 5.97 Å². The largest absolute Gasteiger partial charge is 0.456 e. The third kappa shape index (κ3) is 5.31. The van der Waals surface area contributed by atoms with E-state index in [1.165, 1.54) is 18.2 Å². The first-order valence-electron chi connectivity index (χ1n) is 7.77. The minimum Gasteiger partial charge on any atom is -0.456 e. The van der Waals surface area contributed by atoms with Crippen LogP contribution in [0.1, 0.15) is 31.8 Å². The van der Waals surface area contributed by atoms with Crippen molar-refractivity contribution >= 4 is 40.9 Å². The highest BCUT2D eigenvalue weighted by Gasteiger charge is 2.14. The van der Waals surface area contributed by atoms with E-state index in [1.807, 2.05) is 19.9 Å². The Balaban J connectivity index is 1.84. The predicted molar refractivity (Wildman–Crippen MR) is 100 cm³/mol. The van der Waals surface area contributed by atoms with Crippen LogP contribution < -0.4 is 5.32 Å². The first kappa shape index (κ1) is 19.9. The molecular weight excluding hydrogens is 377 g/mol. The molecule has 0 radical (unpaired) electrons. The quantitative estimate of drug-likeness (QED) is 0.598. The number of ether oxygens (including phenoxy) is 1. The van der Waals surface area contributed by atoms with Crippen LogP contribution in [0.4, 0.5) is 0 Å². The summed E-state index contributed by atoms with van der Waals surface area (Å²) in [7, 11) is 0. The van der Waals surface area contributed by atoms with Gasteiger partial charge in [-0.2, -0.15) is 0 Å². The second-order valence-corrected chi connectivity index (χ2v) is 6.53. The molecule has 0 unspecified atom stereocenters. The lowest BCUT2D eigenvalue weighted by molar-refractivity contribution is -0.141. The lowest BCUT2D eigenvalue weighted by Crippen LogP contribution is -2.31. The second-order valence-electron chi connectivity index (χ2n) is 5.69. The van der Waals surface area contributed by atoms with Crippen molar-refractivity contribution in [2.75, 3.05) is 13.2 Å². The van der Waals surface area contributed by atoms with Gasteiger partial charge in [-0.1, -0.05) is 29.3 Å². The fraction of sp³-hybridized carbons (Fsp3) is 0.211. The molecule has 0 aliphatic rings. The van der Waals surface area contributed by atoms with Crippen molar-refractivity contribution in [3.05, 3.63) is 68.7 Å². The molecule has 5 nitrogen and oxygen atoms in total. The lowest BCUT2D eigenvalue weighted by atomic mass is 10.1. The number of esters is 1. The Hall–Kier alpha value is -2.37.